The topological polar surface area (TPSA) is 56.9 Å². The molecule has 1 aromatic heterocycles. The van der Waals surface area contributed by atoms with Crippen molar-refractivity contribution in [1.29, 1.82) is 0 Å². The molecular weight excluding hydrogens is 355 g/mol. The van der Waals surface area contributed by atoms with Gasteiger partial charge in [-0.2, -0.15) is 4.98 Å². The molecule has 0 amide bonds. The Hall–Kier alpha value is -2.03. The molecule has 0 saturated carbocycles. The van der Waals surface area contributed by atoms with E-state index in [1.54, 1.807) is 0 Å². The van der Waals surface area contributed by atoms with Crippen LogP contribution < -0.4 is 11.4 Å². The third-order valence-corrected chi connectivity index (χ3v) is 4.40. The minimum atomic E-state index is -1.30. The molecule has 0 aliphatic rings. The van der Waals surface area contributed by atoms with Crippen molar-refractivity contribution in [3.8, 4) is 0 Å². The van der Waals surface area contributed by atoms with E-state index >= 15 is 0 Å². The van der Waals surface area contributed by atoms with Crippen LogP contribution >= 0.6 is 11.8 Å². The number of aromatic nitrogens is 3. The lowest BCUT2D eigenvalue weighted by Crippen LogP contribution is -2.42. The number of halogens is 3. The van der Waals surface area contributed by atoms with Gasteiger partial charge >= 0.3 is 11.4 Å². The fraction of sp³-hybridized carbons (Fsp3) is 0.438. The Balaban J connectivity index is 2.56. The first-order valence-corrected chi connectivity index (χ1v) is 8.85. The predicted molar refractivity (Wildman–Crippen MR) is 89.5 cm³/mol. The second kappa shape index (κ2) is 8.37. The zero-order valence-corrected chi connectivity index (χ0v) is 14.7. The summed E-state index contributed by atoms with van der Waals surface area (Å²) in [6.07, 6.45) is 1.38. The number of rotatable bonds is 7. The Morgan fingerprint density at radius 2 is 1.72 bits per heavy atom. The molecule has 0 unspecified atom stereocenters. The summed E-state index contributed by atoms with van der Waals surface area (Å²) in [5.74, 6) is -2.95. The first-order chi connectivity index (χ1) is 11.9. The maximum atomic E-state index is 13.9. The Kier molecular flexibility index (Phi) is 6.46. The summed E-state index contributed by atoms with van der Waals surface area (Å²) >= 11 is 1.14. The van der Waals surface area contributed by atoms with Crippen LogP contribution in [0, 0.1) is 17.5 Å². The van der Waals surface area contributed by atoms with Gasteiger partial charge in [-0.1, -0.05) is 32.0 Å². The number of benzene rings is 1. The van der Waals surface area contributed by atoms with Crippen LogP contribution in [-0.2, 0) is 13.1 Å². The molecule has 0 radical (unpaired) electrons. The summed E-state index contributed by atoms with van der Waals surface area (Å²) in [5, 5.41) is 0.120. The van der Waals surface area contributed by atoms with Crippen LogP contribution in [0.1, 0.15) is 32.3 Å². The summed E-state index contributed by atoms with van der Waals surface area (Å²) in [7, 11) is 0. The maximum Gasteiger partial charge on any atom is 0.354 e. The molecular formula is C16H18F3N3O2S. The monoisotopic (exact) mass is 373 g/mol. The van der Waals surface area contributed by atoms with Gasteiger partial charge in [0, 0.05) is 18.2 Å². The van der Waals surface area contributed by atoms with Crippen LogP contribution in [0.4, 0.5) is 13.2 Å². The summed E-state index contributed by atoms with van der Waals surface area (Å²) < 4.78 is 42.5. The van der Waals surface area contributed by atoms with Crippen LogP contribution in [-0.4, -0.2) is 19.9 Å². The first-order valence-electron chi connectivity index (χ1n) is 7.86. The largest absolute Gasteiger partial charge is 0.354 e. The fourth-order valence-electron chi connectivity index (χ4n) is 2.25. The van der Waals surface area contributed by atoms with E-state index in [0.29, 0.717) is 24.3 Å². The van der Waals surface area contributed by atoms with Crippen LogP contribution in [0.3, 0.4) is 0 Å². The van der Waals surface area contributed by atoms with Gasteiger partial charge in [0.15, 0.2) is 16.8 Å². The number of thioether (sulfide) groups is 1. The Morgan fingerprint density at radius 1 is 1.04 bits per heavy atom. The van der Waals surface area contributed by atoms with Crippen molar-refractivity contribution in [2.24, 2.45) is 0 Å². The molecule has 0 saturated heterocycles. The van der Waals surface area contributed by atoms with E-state index < -0.39 is 28.8 Å². The van der Waals surface area contributed by atoms with E-state index in [4.69, 9.17) is 0 Å². The van der Waals surface area contributed by atoms with Gasteiger partial charge in [-0.15, -0.1) is 0 Å². The van der Waals surface area contributed by atoms with E-state index in [1.165, 1.54) is 0 Å². The van der Waals surface area contributed by atoms with Crippen LogP contribution in [0.5, 0.6) is 0 Å². The fourth-order valence-corrected chi connectivity index (χ4v) is 2.95. The number of hydrogen-bond acceptors (Lipinski definition) is 4. The molecule has 9 heteroatoms. The highest BCUT2D eigenvalue weighted by atomic mass is 32.2. The minimum Gasteiger partial charge on any atom is -0.268 e. The number of unbranched alkanes of at least 4 members (excludes halogenated alkanes) is 1. The molecule has 0 N–H and O–H groups in total. The smallest absolute Gasteiger partial charge is 0.268 e. The van der Waals surface area contributed by atoms with E-state index in [0.717, 1.165) is 27.3 Å². The molecule has 136 valence electrons. The Labute approximate surface area is 146 Å². The lowest BCUT2D eigenvalue weighted by atomic mass is 10.2. The summed E-state index contributed by atoms with van der Waals surface area (Å²) in [6.45, 7) is 3.57. The number of nitrogens with zero attached hydrogens (tertiary/aromatic N) is 3. The van der Waals surface area contributed by atoms with Gasteiger partial charge in [0.2, 0.25) is 0 Å². The summed E-state index contributed by atoms with van der Waals surface area (Å²) in [5.41, 5.74) is -1.51. The van der Waals surface area contributed by atoms with Crippen molar-refractivity contribution in [3.63, 3.8) is 0 Å². The van der Waals surface area contributed by atoms with Gasteiger partial charge in [-0.05, 0) is 18.2 Å². The van der Waals surface area contributed by atoms with Crippen molar-refractivity contribution < 1.29 is 13.2 Å². The van der Waals surface area contributed by atoms with E-state index in [-0.39, 0.29) is 23.8 Å². The van der Waals surface area contributed by atoms with E-state index in [2.05, 4.69) is 4.98 Å². The molecule has 0 atom stereocenters. The van der Waals surface area contributed by atoms with Crippen LogP contribution in [0.2, 0.25) is 0 Å². The van der Waals surface area contributed by atoms with Crippen molar-refractivity contribution in [2.75, 3.05) is 5.75 Å². The number of hydrogen-bond donors (Lipinski definition) is 0. The van der Waals surface area contributed by atoms with Gasteiger partial charge in [-0.25, -0.2) is 27.3 Å². The Morgan fingerprint density at radius 3 is 2.36 bits per heavy atom. The van der Waals surface area contributed by atoms with Gasteiger partial charge in [0.1, 0.15) is 5.82 Å². The molecule has 0 aliphatic heterocycles. The van der Waals surface area contributed by atoms with Gasteiger partial charge in [0.05, 0.1) is 6.54 Å². The maximum absolute atomic E-state index is 13.9. The van der Waals surface area contributed by atoms with Crippen molar-refractivity contribution in [3.05, 3.63) is 56.1 Å². The third-order valence-electron chi connectivity index (χ3n) is 3.54. The molecule has 0 spiro atoms. The molecule has 0 bridgehead atoms. The lowest BCUT2D eigenvalue weighted by Gasteiger charge is -2.14. The molecule has 5 nitrogen and oxygen atoms in total. The highest BCUT2D eigenvalue weighted by molar-refractivity contribution is 7.99. The normalized spacial score (nSPS) is 11.1. The molecule has 1 heterocycles. The van der Waals surface area contributed by atoms with Crippen molar-refractivity contribution in [1.82, 2.24) is 14.1 Å². The molecule has 2 aromatic rings. The minimum absolute atomic E-state index is 0.120. The first kappa shape index (κ1) is 19.3. The highest BCUT2D eigenvalue weighted by Crippen LogP contribution is 2.17. The van der Waals surface area contributed by atoms with Crippen LogP contribution in [0.25, 0.3) is 0 Å². The van der Waals surface area contributed by atoms with Crippen molar-refractivity contribution >= 4 is 11.8 Å². The van der Waals surface area contributed by atoms with Gasteiger partial charge in [-0.3, -0.25) is 4.57 Å². The van der Waals surface area contributed by atoms with Crippen LogP contribution in [0.15, 0.2) is 26.9 Å². The quantitative estimate of drug-likeness (QED) is 0.553. The summed E-state index contributed by atoms with van der Waals surface area (Å²) in [6, 6.07) is 1.14. The second-order valence-electron chi connectivity index (χ2n) is 5.34. The van der Waals surface area contributed by atoms with Crippen molar-refractivity contribution in [2.45, 2.75) is 44.9 Å². The van der Waals surface area contributed by atoms with E-state index in [1.807, 2.05) is 13.8 Å². The standard InChI is InChI=1S/C16H18F3N3O2S/c1-3-5-6-21-14(23)20-15(25-4-2)22(16(21)24)9-10-7-12(18)13(19)8-11(10)17/h7-8H,3-6,9H2,1-2H3. The Bertz CT molecular complexity index is 880. The SMILES string of the molecule is CCCCn1c(=O)nc(SCC)n(Cc2cc(F)c(F)cc2F)c1=O. The molecule has 2 rings (SSSR count). The van der Waals surface area contributed by atoms with E-state index in [9.17, 15) is 22.8 Å². The average molecular weight is 373 g/mol. The average Bonchev–Trinajstić information content (AvgIpc) is 2.55. The molecule has 0 aliphatic carbocycles. The van der Waals surface area contributed by atoms with Gasteiger partial charge in [0.25, 0.3) is 0 Å². The zero-order chi connectivity index (χ0) is 18.6. The molecule has 1 aromatic carbocycles. The lowest BCUT2D eigenvalue weighted by molar-refractivity contribution is 0.468. The molecule has 25 heavy (non-hydrogen) atoms. The zero-order valence-electron chi connectivity index (χ0n) is 13.9. The summed E-state index contributed by atoms with van der Waals surface area (Å²) in [4.78, 5) is 28.6. The second-order valence-corrected chi connectivity index (χ2v) is 6.57. The van der Waals surface area contributed by atoms with Gasteiger partial charge < -0.3 is 0 Å². The molecule has 0 fully saturated rings. The predicted octanol–water partition coefficient (Wildman–Crippen LogP) is 2.78. The highest BCUT2D eigenvalue weighted by Gasteiger charge is 2.16. The third kappa shape index (κ3) is 4.33.